The lowest BCUT2D eigenvalue weighted by molar-refractivity contribution is -0.120. The first-order valence-corrected chi connectivity index (χ1v) is 7.47. The lowest BCUT2D eigenvalue weighted by Gasteiger charge is -2.25. The third kappa shape index (κ3) is 2.84. The molecule has 0 aliphatic heterocycles. The Balaban J connectivity index is 2.12. The lowest BCUT2D eigenvalue weighted by Crippen LogP contribution is -2.43. The van der Waals surface area contributed by atoms with Gasteiger partial charge in [-0.05, 0) is 37.5 Å². The van der Waals surface area contributed by atoms with Crippen LogP contribution >= 0.6 is 39.1 Å². The molecule has 0 radical (unpaired) electrons. The van der Waals surface area contributed by atoms with Gasteiger partial charge in [-0.15, -0.1) is 0 Å². The maximum absolute atomic E-state index is 11.5. The van der Waals surface area contributed by atoms with Gasteiger partial charge < -0.3 is 5.32 Å². The number of hydrogen-bond acceptors (Lipinski definition) is 1. The van der Waals surface area contributed by atoms with Gasteiger partial charge >= 0.3 is 0 Å². The molecule has 1 aromatic rings. The Morgan fingerprint density at radius 1 is 1.33 bits per heavy atom. The van der Waals surface area contributed by atoms with Gasteiger partial charge in [0.1, 0.15) is 0 Å². The quantitative estimate of drug-likeness (QED) is 0.822. The van der Waals surface area contributed by atoms with E-state index in [1.807, 2.05) is 19.1 Å². The van der Waals surface area contributed by atoms with Crippen molar-refractivity contribution in [3.05, 3.63) is 34.3 Å². The van der Waals surface area contributed by atoms with Crippen molar-refractivity contribution in [1.82, 2.24) is 5.32 Å². The van der Waals surface area contributed by atoms with Gasteiger partial charge in [0.25, 0.3) is 5.91 Å². The first-order chi connectivity index (χ1) is 8.45. The van der Waals surface area contributed by atoms with Gasteiger partial charge in [-0.1, -0.05) is 51.3 Å². The van der Waals surface area contributed by atoms with Crippen molar-refractivity contribution in [2.24, 2.45) is 0 Å². The number of alkyl halides is 2. The van der Waals surface area contributed by atoms with Gasteiger partial charge in [0.2, 0.25) is 0 Å². The van der Waals surface area contributed by atoms with Gasteiger partial charge in [-0.3, -0.25) is 4.79 Å². The lowest BCUT2D eigenvalue weighted by atomic mass is 9.89. The fourth-order valence-electron chi connectivity index (χ4n) is 2.30. The fourth-order valence-corrected chi connectivity index (χ4v) is 2.69. The Kier molecular flexibility index (Phi) is 4.25. The number of nitrogens with one attached hydrogen (secondary N) is 1. The zero-order valence-corrected chi connectivity index (χ0v) is 13.0. The van der Waals surface area contributed by atoms with Crippen LogP contribution in [0.4, 0.5) is 0 Å². The Labute approximate surface area is 125 Å². The first-order valence-electron chi connectivity index (χ1n) is 5.80. The standard InChI is InChI=1S/C13H14BrCl2NO/c1-8(17-12(18)11(15)16)13(6-7-13)9-2-4-10(14)5-3-9/h2-5,8,11H,6-7H2,1H3,(H,17,18). The molecule has 5 heteroatoms. The zero-order chi connectivity index (χ0) is 13.3. The van der Waals surface area contributed by atoms with Crippen LogP contribution in [0.2, 0.25) is 0 Å². The molecule has 1 atom stereocenters. The smallest absolute Gasteiger partial charge is 0.253 e. The maximum atomic E-state index is 11.5. The molecule has 2 rings (SSSR count). The molecule has 2 nitrogen and oxygen atoms in total. The summed E-state index contributed by atoms with van der Waals surface area (Å²) >= 11 is 14.5. The Morgan fingerprint density at radius 3 is 2.33 bits per heavy atom. The molecular weight excluding hydrogens is 337 g/mol. The molecule has 1 N–H and O–H groups in total. The van der Waals surface area contributed by atoms with Crippen LogP contribution in [0, 0.1) is 0 Å². The summed E-state index contributed by atoms with van der Waals surface area (Å²) < 4.78 is 1.06. The van der Waals surface area contributed by atoms with Crippen molar-refractivity contribution in [3.63, 3.8) is 0 Å². The second-order valence-corrected chi connectivity index (χ2v) is 6.71. The number of carbonyl (C=O) groups excluding carboxylic acids is 1. The second kappa shape index (κ2) is 5.40. The molecule has 1 aliphatic carbocycles. The molecule has 1 saturated carbocycles. The molecule has 1 aliphatic rings. The van der Waals surface area contributed by atoms with E-state index in [1.165, 1.54) is 5.56 Å². The fraction of sp³-hybridized carbons (Fsp3) is 0.462. The van der Waals surface area contributed by atoms with Crippen LogP contribution in [0.15, 0.2) is 28.7 Å². The number of halogens is 3. The number of benzene rings is 1. The molecule has 1 aromatic carbocycles. The first kappa shape index (κ1) is 14.2. The number of amides is 1. The average molecular weight is 351 g/mol. The monoisotopic (exact) mass is 349 g/mol. The Hall–Kier alpha value is -0.250. The maximum Gasteiger partial charge on any atom is 0.253 e. The zero-order valence-electron chi connectivity index (χ0n) is 9.92. The third-order valence-electron chi connectivity index (χ3n) is 3.59. The van der Waals surface area contributed by atoms with Gasteiger partial charge in [-0.2, -0.15) is 0 Å². The summed E-state index contributed by atoms with van der Waals surface area (Å²) in [5.41, 5.74) is 1.29. The summed E-state index contributed by atoms with van der Waals surface area (Å²) in [6, 6.07) is 8.27. The van der Waals surface area contributed by atoms with E-state index < -0.39 is 4.84 Å². The molecule has 0 saturated heterocycles. The number of hydrogen-bond donors (Lipinski definition) is 1. The molecule has 0 heterocycles. The van der Waals surface area contributed by atoms with E-state index in [1.54, 1.807) is 0 Å². The SMILES string of the molecule is CC(NC(=O)C(Cl)Cl)C1(c2ccc(Br)cc2)CC1. The van der Waals surface area contributed by atoms with E-state index in [0.29, 0.717) is 0 Å². The van der Waals surface area contributed by atoms with E-state index in [9.17, 15) is 4.79 Å². The largest absolute Gasteiger partial charge is 0.350 e. The van der Waals surface area contributed by atoms with Crippen LogP contribution in [-0.4, -0.2) is 16.8 Å². The molecule has 0 aromatic heterocycles. The van der Waals surface area contributed by atoms with Crippen molar-refractivity contribution in [3.8, 4) is 0 Å². The average Bonchev–Trinajstić information content (AvgIpc) is 3.11. The summed E-state index contributed by atoms with van der Waals surface area (Å²) in [5.74, 6) is -0.325. The predicted molar refractivity (Wildman–Crippen MR) is 78.2 cm³/mol. The molecule has 1 amide bonds. The Morgan fingerprint density at radius 2 is 1.89 bits per heavy atom. The summed E-state index contributed by atoms with van der Waals surface area (Å²) in [6.07, 6.45) is 2.15. The van der Waals surface area contributed by atoms with Gasteiger partial charge in [0, 0.05) is 15.9 Å². The van der Waals surface area contributed by atoms with Gasteiger partial charge in [0.15, 0.2) is 4.84 Å². The van der Waals surface area contributed by atoms with E-state index in [0.717, 1.165) is 17.3 Å². The van der Waals surface area contributed by atoms with Crippen LogP contribution < -0.4 is 5.32 Å². The highest BCUT2D eigenvalue weighted by Gasteiger charge is 2.49. The van der Waals surface area contributed by atoms with Crippen LogP contribution in [0.3, 0.4) is 0 Å². The van der Waals surface area contributed by atoms with Gasteiger partial charge in [-0.25, -0.2) is 0 Å². The summed E-state index contributed by atoms with van der Waals surface area (Å²) in [4.78, 5) is 10.5. The molecule has 98 valence electrons. The molecule has 0 bridgehead atoms. The van der Waals surface area contributed by atoms with Crippen molar-refractivity contribution >= 4 is 45.0 Å². The normalized spacial score (nSPS) is 18.5. The molecule has 1 unspecified atom stereocenters. The van der Waals surface area contributed by atoms with E-state index in [2.05, 4.69) is 33.4 Å². The minimum absolute atomic E-state index is 0.0335. The Bertz CT molecular complexity index is 443. The predicted octanol–water partition coefficient (Wildman–Crippen LogP) is 3.79. The minimum Gasteiger partial charge on any atom is -0.350 e. The van der Waals surface area contributed by atoms with E-state index in [-0.39, 0.29) is 17.4 Å². The molecular formula is C13H14BrCl2NO. The van der Waals surface area contributed by atoms with E-state index >= 15 is 0 Å². The second-order valence-electron chi connectivity index (χ2n) is 4.69. The number of carbonyl (C=O) groups is 1. The van der Waals surface area contributed by atoms with E-state index in [4.69, 9.17) is 23.2 Å². The van der Waals surface area contributed by atoms with Crippen molar-refractivity contribution in [1.29, 1.82) is 0 Å². The number of rotatable bonds is 4. The summed E-state index contributed by atoms with van der Waals surface area (Å²) in [6.45, 7) is 2.00. The van der Waals surface area contributed by atoms with Crippen molar-refractivity contribution in [2.75, 3.05) is 0 Å². The molecule has 1 fully saturated rings. The summed E-state index contributed by atoms with van der Waals surface area (Å²) in [5, 5.41) is 2.88. The minimum atomic E-state index is -1.01. The van der Waals surface area contributed by atoms with Crippen LogP contribution in [0.1, 0.15) is 25.3 Å². The van der Waals surface area contributed by atoms with Gasteiger partial charge in [0.05, 0.1) is 0 Å². The topological polar surface area (TPSA) is 29.1 Å². The van der Waals surface area contributed by atoms with Crippen molar-refractivity contribution < 1.29 is 4.79 Å². The van der Waals surface area contributed by atoms with Crippen LogP contribution in [-0.2, 0) is 10.2 Å². The van der Waals surface area contributed by atoms with Crippen molar-refractivity contribution in [2.45, 2.75) is 36.1 Å². The molecule has 18 heavy (non-hydrogen) atoms. The molecule has 0 spiro atoms. The summed E-state index contributed by atoms with van der Waals surface area (Å²) in [7, 11) is 0. The highest BCUT2D eigenvalue weighted by atomic mass is 79.9. The highest BCUT2D eigenvalue weighted by Crippen LogP contribution is 2.51. The third-order valence-corrected chi connectivity index (χ3v) is 4.52. The van der Waals surface area contributed by atoms with Crippen LogP contribution in [0.25, 0.3) is 0 Å². The highest BCUT2D eigenvalue weighted by molar-refractivity contribution is 9.10. The van der Waals surface area contributed by atoms with Crippen LogP contribution in [0.5, 0.6) is 0 Å².